The second-order valence-corrected chi connectivity index (χ2v) is 8.33. The number of fused-ring (bicyclic) bond motifs is 1. The number of hydrogen-bond donors (Lipinski definition) is 2. The molecule has 2 aromatic rings. The van der Waals surface area contributed by atoms with Gasteiger partial charge in [0.2, 0.25) is 11.9 Å². The molecule has 4 rings (SSSR count). The molecule has 0 bridgehead atoms. The number of aromatic nitrogens is 2. The SMILES string of the molecule is Cc1nc(NC2CN(C(=O)c3cc(F)cc(F)c3)C2)nc2c1NC(=O)[C@H](C(C)C)N2C.S. The maximum Gasteiger partial charge on any atom is 0.254 e. The number of halogens is 2. The van der Waals surface area contributed by atoms with E-state index in [0.717, 1.165) is 18.2 Å². The van der Waals surface area contributed by atoms with E-state index in [9.17, 15) is 18.4 Å². The minimum atomic E-state index is -0.785. The van der Waals surface area contributed by atoms with Crippen molar-refractivity contribution in [2.75, 3.05) is 35.7 Å². The van der Waals surface area contributed by atoms with Crippen molar-refractivity contribution in [1.82, 2.24) is 14.9 Å². The molecule has 0 aliphatic carbocycles. The van der Waals surface area contributed by atoms with Crippen LogP contribution in [0, 0.1) is 24.5 Å². The van der Waals surface area contributed by atoms with Gasteiger partial charge >= 0.3 is 0 Å². The van der Waals surface area contributed by atoms with E-state index in [1.165, 1.54) is 4.90 Å². The molecule has 11 heteroatoms. The largest absolute Gasteiger partial charge is 0.348 e. The molecule has 1 saturated heterocycles. The molecule has 2 aliphatic rings. The Morgan fingerprint density at radius 3 is 2.41 bits per heavy atom. The molecule has 172 valence electrons. The predicted octanol–water partition coefficient (Wildman–Crippen LogP) is 2.53. The number of nitrogens with one attached hydrogen (secondary N) is 2. The van der Waals surface area contributed by atoms with Gasteiger partial charge in [0.1, 0.15) is 23.4 Å². The second-order valence-electron chi connectivity index (χ2n) is 8.33. The highest BCUT2D eigenvalue weighted by Gasteiger charge is 2.36. The molecule has 1 aromatic heterocycles. The number of likely N-dealkylation sites (tertiary alicyclic amines) is 1. The van der Waals surface area contributed by atoms with E-state index in [1.807, 2.05) is 25.8 Å². The zero-order valence-corrected chi connectivity index (χ0v) is 19.2. The smallest absolute Gasteiger partial charge is 0.254 e. The predicted molar refractivity (Wildman–Crippen MR) is 122 cm³/mol. The van der Waals surface area contributed by atoms with Crippen LogP contribution in [0.25, 0.3) is 0 Å². The fraction of sp³-hybridized carbons (Fsp3) is 0.429. The average Bonchev–Trinajstić information content (AvgIpc) is 2.64. The molecule has 32 heavy (non-hydrogen) atoms. The zero-order chi connectivity index (χ0) is 22.4. The monoisotopic (exact) mass is 464 g/mol. The van der Waals surface area contributed by atoms with Crippen molar-refractivity contribution >= 4 is 42.8 Å². The van der Waals surface area contributed by atoms with Crippen molar-refractivity contribution in [3.05, 3.63) is 41.1 Å². The first kappa shape index (κ1) is 23.7. The van der Waals surface area contributed by atoms with E-state index < -0.39 is 17.5 Å². The minimum Gasteiger partial charge on any atom is -0.348 e. The lowest BCUT2D eigenvalue weighted by molar-refractivity contribution is -0.118. The highest BCUT2D eigenvalue weighted by molar-refractivity contribution is 7.59. The standard InChI is InChI=1S/C21H24F2N6O2.H2S/c1-10(2)17-19(30)26-16-11(3)24-21(27-18(16)28(17)4)25-15-8-29(9-15)20(31)12-5-13(22)7-14(23)6-12;/h5-7,10,15,17H,8-9H2,1-4H3,(H,26,30)(H,24,25,27);1H2/t17-;/m0./s1. The molecule has 0 radical (unpaired) electrons. The number of nitrogens with zero attached hydrogens (tertiary/aromatic N) is 4. The number of carbonyl (C=O) groups excluding carboxylic acids is 2. The number of anilines is 3. The molecular formula is C21H26F2N6O2S. The van der Waals surface area contributed by atoms with Crippen molar-refractivity contribution in [3.63, 3.8) is 0 Å². The van der Waals surface area contributed by atoms with Crippen LogP contribution in [-0.2, 0) is 4.79 Å². The van der Waals surface area contributed by atoms with Crippen LogP contribution in [0.4, 0.5) is 26.2 Å². The van der Waals surface area contributed by atoms with Crippen molar-refractivity contribution < 1.29 is 18.4 Å². The summed E-state index contributed by atoms with van der Waals surface area (Å²) in [6.45, 7) is 6.46. The Kier molecular flexibility index (Phi) is 6.59. The first-order valence-electron chi connectivity index (χ1n) is 10.1. The van der Waals surface area contributed by atoms with Gasteiger partial charge in [-0.3, -0.25) is 9.59 Å². The maximum absolute atomic E-state index is 13.4. The Balaban J connectivity index is 0.00000289. The summed E-state index contributed by atoms with van der Waals surface area (Å²) in [5.41, 5.74) is 1.21. The maximum atomic E-state index is 13.4. The molecule has 3 heterocycles. The highest BCUT2D eigenvalue weighted by Crippen LogP contribution is 2.34. The number of likely N-dealkylation sites (N-methyl/N-ethyl adjacent to an activating group) is 1. The van der Waals surface area contributed by atoms with Crippen LogP contribution < -0.4 is 15.5 Å². The average molecular weight is 465 g/mol. The summed E-state index contributed by atoms with van der Waals surface area (Å²) in [5.74, 6) is -0.949. The topological polar surface area (TPSA) is 90.5 Å². The summed E-state index contributed by atoms with van der Waals surface area (Å²) in [4.78, 5) is 37.2. The van der Waals surface area contributed by atoms with Crippen molar-refractivity contribution in [2.24, 2.45) is 5.92 Å². The molecule has 1 atom stereocenters. The van der Waals surface area contributed by atoms with Gasteiger partial charge in [-0.05, 0) is 25.0 Å². The Morgan fingerprint density at radius 2 is 1.81 bits per heavy atom. The first-order chi connectivity index (χ1) is 14.6. The van der Waals surface area contributed by atoms with Gasteiger partial charge in [0.05, 0.1) is 11.7 Å². The third kappa shape index (κ3) is 4.34. The van der Waals surface area contributed by atoms with Crippen LogP contribution in [0.5, 0.6) is 0 Å². The minimum absolute atomic E-state index is 0. The van der Waals surface area contributed by atoms with Crippen LogP contribution in [0.3, 0.4) is 0 Å². The number of amides is 2. The summed E-state index contributed by atoms with van der Waals surface area (Å²) in [7, 11) is 1.83. The summed E-state index contributed by atoms with van der Waals surface area (Å²) in [6.07, 6.45) is 0. The third-order valence-corrected chi connectivity index (χ3v) is 5.58. The fourth-order valence-corrected chi connectivity index (χ4v) is 4.06. The Labute approximate surface area is 191 Å². The molecule has 0 spiro atoms. The van der Waals surface area contributed by atoms with Gasteiger partial charge in [0.15, 0.2) is 5.82 Å². The van der Waals surface area contributed by atoms with Gasteiger partial charge < -0.3 is 20.4 Å². The summed E-state index contributed by atoms with van der Waals surface area (Å²) < 4.78 is 26.8. The quantitative estimate of drug-likeness (QED) is 0.723. The second kappa shape index (κ2) is 8.89. The molecule has 2 N–H and O–H groups in total. The van der Waals surface area contributed by atoms with E-state index >= 15 is 0 Å². The van der Waals surface area contributed by atoms with Crippen molar-refractivity contribution in [3.8, 4) is 0 Å². The summed E-state index contributed by atoms with van der Waals surface area (Å²) >= 11 is 0. The Hall–Kier alpha value is -2.95. The molecule has 0 unspecified atom stereocenters. The van der Waals surface area contributed by atoms with Gasteiger partial charge in [0, 0.05) is 31.8 Å². The van der Waals surface area contributed by atoms with E-state index in [0.29, 0.717) is 36.2 Å². The number of benzene rings is 1. The van der Waals surface area contributed by atoms with Gasteiger partial charge in [0.25, 0.3) is 5.91 Å². The summed E-state index contributed by atoms with van der Waals surface area (Å²) in [5, 5.41) is 6.10. The van der Waals surface area contributed by atoms with Crippen LogP contribution in [0.15, 0.2) is 18.2 Å². The Morgan fingerprint density at radius 1 is 1.19 bits per heavy atom. The lowest BCUT2D eigenvalue weighted by atomic mass is 9.99. The lowest BCUT2D eigenvalue weighted by Crippen LogP contribution is -2.57. The number of aryl methyl sites for hydroxylation is 1. The van der Waals surface area contributed by atoms with Crippen LogP contribution in [-0.4, -0.2) is 58.9 Å². The van der Waals surface area contributed by atoms with Crippen molar-refractivity contribution in [2.45, 2.75) is 32.9 Å². The summed E-state index contributed by atoms with van der Waals surface area (Å²) in [6, 6.07) is 2.35. The molecule has 0 saturated carbocycles. The Bertz CT molecular complexity index is 1040. The van der Waals surface area contributed by atoms with E-state index in [4.69, 9.17) is 0 Å². The molecular weight excluding hydrogens is 438 g/mol. The molecule has 1 aromatic carbocycles. The highest BCUT2D eigenvalue weighted by atomic mass is 32.1. The van der Waals surface area contributed by atoms with E-state index in [-0.39, 0.29) is 43.0 Å². The molecule has 2 amide bonds. The first-order valence-corrected chi connectivity index (χ1v) is 10.1. The van der Waals surface area contributed by atoms with Crippen LogP contribution in [0.2, 0.25) is 0 Å². The number of carbonyl (C=O) groups is 2. The zero-order valence-electron chi connectivity index (χ0n) is 18.2. The molecule has 1 fully saturated rings. The number of hydrogen-bond acceptors (Lipinski definition) is 6. The van der Waals surface area contributed by atoms with Crippen molar-refractivity contribution in [1.29, 1.82) is 0 Å². The third-order valence-electron chi connectivity index (χ3n) is 5.58. The molecule has 8 nitrogen and oxygen atoms in total. The van der Waals surface area contributed by atoms with Gasteiger partial charge in [-0.1, -0.05) is 13.8 Å². The number of rotatable bonds is 4. The normalized spacial score (nSPS) is 18.0. The van der Waals surface area contributed by atoms with Gasteiger partial charge in [-0.15, -0.1) is 0 Å². The lowest BCUT2D eigenvalue weighted by Gasteiger charge is -2.40. The van der Waals surface area contributed by atoms with Crippen LogP contribution in [0.1, 0.15) is 29.9 Å². The van der Waals surface area contributed by atoms with E-state index in [2.05, 4.69) is 20.6 Å². The van der Waals surface area contributed by atoms with Gasteiger partial charge in [-0.2, -0.15) is 18.5 Å². The van der Waals surface area contributed by atoms with Gasteiger partial charge in [-0.25, -0.2) is 13.8 Å². The molecule has 2 aliphatic heterocycles. The van der Waals surface area contributed by atoms with E-state index in [1.54, 1.807) is 6.92 Å². The van der Waals surface area contributed by atoms with Crippen LogP contribution >= 0.6 is 13.5 Å². The fourth-order valence-electron chi connectivity index (χ4n) is 4.06.